The third-order valence-electron chi connectivity index (χ3n) is 2.71. The third kappa shape index (κ3) is 5.23. The van der Waals surface area contributed by atoms with Gasteiger partial charge >= 0.3 is 5.97 Å². The van der Waals surface area contributed by atoms with E-state index in [0.29, 0.717) is 31.1 Å². The minimum absolute atomic E-state index is 0.0453. The molecule has 0 saturated carbocycles. The Morgan fingerprint density at radius 2 is 2.23 bits per heavy atom. The number of amides is 1. The summed E-state index contributed by atoms with van der Waals surface area (Å²) >= 11 is 4.86. The lowest BCUT2D eigenvalue weighted by Crippen LogP contribution is -2.25. The van der Waals surface area contributed by atoms with Gasteiger partial charge in [-0.1, -0.05) is 5.16 Å². The zero-order valence-corrected chi connectivity index (χ0v) is 13.9. The molecule has 0 atom stereocenters. The second-order valence-electron chi connectivity index (χ2n) is 4.49. The van der Waals surface area contributed by atoms with Gasteiger partial charge in [-0.15, -0.1) is 11.3 Å². The first-order chi connectivity index (χ1) is 10.5. The van der Waals surface area contributed by atoms with Crippen LogP contribution in [0.4, 0.5) is 0 Å². The molecule has 2 aromatic rings. The van der Waals surface area contributed by atoms with Gasteiger partial charge in [0.15, 0.2) is 0 Å². The fourth-order valence-corrected chi connectivity index (χ4v) is 3.01. The van der Waals surface area contributed by atoms with Gasteiger partial charge in [-0.3, -0.25) is 9.59 Å². The maximum Gasteiger partial charge on any atom is 0.303 e. The molecular weight excluding hydrogens is 374 g/mol. The Bertz CT molecular complexity index is 655. The summed E-state index contributed by atoms with van der Waals surface area (Å²) < 4.78 is 6.07. The molecule has 1 amide bonds. The van der Waals surface area contributed by atoms with Crippen LogP contribution in [0.3, 0.4) is 0 Å². The van der Waals surface area contributed by atoms with Gasteiger partial charge < -0.3 is 14.9 Å². The number of carbonyl (C=O) groups excluding carboxylic acids is 1. The van der Waals surface area contributed by atoms with Crippen LogP contribution in [0.15, 0.2) is 20.4 Å². The molecule has 0 bridgehead atoms. The first-order valence-corrected chi connectivity index (χ1v) is 8.27. The highest BCUT2D eigenvalue weighted by Gasteiger charge is 2.12. The van der Waals surface area contributed by atoms with Crippen LogP contribution in [-0.2, 0) is 16.0 Å². The number of carbonyl (C=O) groups is 2. The van der Waals surface area contributed by atoms with Gasteiger partial charge in [0.1, 0.15) is 0 Å². The number of aryl methyl sites for hydroxylation is 1. The molecule has 0 fully saturated rings. The number of hydrogen-bond donors (Lipinski definition) is 2. The summed E-state index contributed by atoms with van der Waals surface area (Å²) in [6.45, 7) is 0.351. The number of nitrogens with zero attached hydrogens (tertiary/aromatic N) is 2. The van der Waals surface area contributed by atoms with Crippen molar-refractivity contribution in [3.63, 3.8) is 0 Å². The number of rotatable bonds is 8. The Morgan fingerprint density at radius 3 is 2.91 bits per heavy atom. The van der Waals surface area contributed by atoms with Crippen molar-refractivity contribution in [3.8, 4) is 10.7 Å². The SMILES string of the molecule is O=C(O)CCCNC(=O)CCc1nc(-c2cc(Br)cs2)no1. The average molecular weight is 388 g/mol. The van der Waals surface area contributed by atoms with Crippen molar-refractivity contribution in [1.82, 2.24) is 15.5 Å². The van der Waals surface area contributed by atoms with E-state index in [1.54, 1.807) is 0 Å². The van der Waals surface area contributed by atoms with Gasteiger partial charge in [0, 0.05) is 35.7 Å². The van der Waals surface area contributed by atoms with E-state index in [9.17, 15) is 9.59 Å². The fourth-order valence-electron chi connectivity index (χ4n) is 1.66. The van der Waals surface area contributed by atoms with Crippen LogP contribution in [0.5, 0.6) is 0 Å². The molecular formula is C13H14BrN3O4S. The summed E-state index contributed by atoms with van der Waals surface area (Å²) in [5.41, 5.74) is 0. The Hall–Kier alpha value is -1.74. The summed E-state index contributed by atoms with van der Waals surface area (Å²) in [6, 6.07) is 1.90. The molecule has 22 heavy (non-hydrogen) atoms. The zero-order valence-electron chi connectivity index (χ0n) is 11.5. The van der Waals surface area contributed by atoms with Gasteiger partial charge in [-0.25, -0.2) is 0 Å². The third-order valence-corrected chi connectivity index (χ3v) is 4.40. The number of thiophene rings is 1. The molecule has 0 spiro atoms. The van der Waals surface area contributed by atoms with Gasteiger partial charge in [0.25, 0.3) is 0 Å². The van der Waals surface area contributed by atoms with Crippen LogP contribution >= 0.6 is 27.3 Å². The van der Waals surface area contributed by atoms with Crippen LogP contribution in [-0.4, -0.2) is 33.7 Å². The Labute approximate surface area is 138 Å². The molecule has 0 radical (unpaired) electrons. The fraction of sp³-hybridized carbons (Fsp3) is 0.385. The molecule has 0 aromatic carbocycles. The normalized spacial score (nSPS) is 10.6. The molecule has 118 valence electrons. The molecule has 0 aliphatic rings. The smallest absolute Gasteiger partial charge is 0.303 e. The van der Waals surface area contributed by atoms with Gasteiger partial charge in [-0.05, 0) is 28.4 Å². The highest BCUT2D eigenvalue weighted by molar-refractivity contribution is 9.10. The van der Waals surface area contributed by atoms with E-state index >= 15 is 0 Å². The molecule has 0 aliphatic carbocycles. The van der Waals surface area contributed by atoms with Gasteiger partial charge in [0.05, 0.1) is 4.88 Å². The number of carboxylic acids is 1. The predicted molar refractivity (Wildman–Crippen MR) is 83.5 cm³/mol. The number of aromatic nitrogens is 2. The summed E-state index contributed by atoms with van der Waals surface area (Å²) in [4.78, 5) is 27.1. The molecule has 2 rings (SSSR count). The molecule has 0 unspecified atom stereocenters. The molecule has 2 aromatic heterocycles. The Morgan fingerprint density at radius 1 is 1.41 bits per heavy atom. The molecule has 7 nitrogen and oxygen atoms in total. The second-order valence-corrected chi connectivity index (χ2v) is 6.32. The molecule has 0 aliphatic heterocycles. The summed E-state index contributed by atoms with van der Waals surface area (Å²) in [6.07, 6.45) is 1.04. The number of nitrogens with one attached hydrogen (secondary N) is 1. The monoisotopic (exact) mass is 387 g/mol. The van der Waals surface area contributed by atoms with Crippen molar-refractivity contribution in [1.29, 1.82) is 0 Å². The molecule has 2 heterocycles. The van der Waals surface area contributed by atoms with E-state index < -0.39 is 5.97 Å². The molecule has 9 heteroatoms. The maximum absolute atomic E-state index is 11.6. The predicted octanol–water partition coefficient (Wildman–Crippen LogP) is 2.47. The number of carboxylic acid groups (broad SMARTS) is 1. The maximum atomic E-state index is 11.6. The van der Waals surface area contributed by atoms with E-state index in [1.165, 1.54) is 11.3 Å². The van der Waals surface area contributed by atoms with Crippen molar-refractivity contribution in [2.75, 3.05) is 6.54 Å². The molecule has 2 N–H and O–H groups in total. The zero-order chi connectivity index (χ0) is 15.9. The lowest BCUT2D eigenvalue weighted by molar-refractivity contribution is -0.137. The Balaban J connectivity index is 1.74. The lowest BCUT2D eigenvalue weighted by Gasteiger charge is -2.02. The van der Waals surface area contributed by atoms with Crippen LogP contribution in [0.1, 0.15) is 25.2 Å². The van der Waals surface area contributed by atoms with E-state index in [-0.39, 0.29) is 18.7 Å². The minimum atomic E-state index is -0.868. The summed E-state index contributed by atoms with van der Waals surface area (Å²) in [5, 5.41) is 16.9. The topological polar surface area (TPSA) is 105 Å². The van der Waals surface area contributed by atoms with E-state index in [4.69, 9.17) is 9.63 Å². The van der Waals surface area contributed by atoms with Crippen molar-refractivity contribution in [2.45, 2.75) is 25.7 Å². The first-order valence-electron chi connectivity index (χ1n) is 6.60. The largest absolute Gasteiger partial charge is 0.481 e. The Kier molecular flexibility index (Phi) is 6.08. The highest BCUT2D eigenvalue weighted by atomic mass is 79.9. The lowest BCUT2D eigenvalue weighted by atomic mass is 10.2. The average Bonchev–Trinajstić information content (AvgIpc) is 3.10. The van der Waals surface area contributed by atoms with Gasteiger partial charge in [-0.2, -0.15) is 4.98 Å². The van der Waals surface area contributed by atoms with Crippen molar-refractivity contribution >= 4 is 39.1 Å². The standard InChI is InChI=1S/C13H14BrN3O4S/c14-8-6-9(22-7-8)13-16-11(21-17-13)4-3-10(18)15-5-1-2-12(19)20/h6-7H,1-5H2,(H,15,18)(H,19,20). The number of aliphatic carboxylic acids is 1. The van der Waals surface area contributed by atoms with Crippen molar-refractivity contribution in [2.24, 2.45) is 0 Å². The van der Waals surface area contributed by atoms with E-state index in [1.807, 2.05) is 11.4 Å². The van der Waals surface area contributed by atoms with Gasteiger partial charge in [0.2, 0.25) is 17.6 Å². The summed E-state index contributed by atoms with van der Waals surface area (Å²) in [7, 11) is 0. The van der Waals surface area contributed by atoms with Crippen LogP contribution < -0.4 is 5.32 Å². The molecule has 0 saturated heterocycles. The van der Waals surface area contributed by atoms with Crippen molar-refractivity contribution in [3.05, 3.63) is 21.8 Å². The van der Waals surface area contributed by atoms with Crippen LogP contribution in [0, 0.1) is 0 Å². The first kappa shape index (κ1) is 16.6. The van der Waals surface area contributed by atoms with Crippen LogP contribution in [0.2, 0.25) is 0 Å². The van der Waals surface area contributed by atoms with E-state index in [0.717, 1.165) is 9.35 Å². The van der Waals surface area contributed by atoms with Crippen LogP contribution in [0.25, 0.3) is 10.7 Å². The number of hydrogen-bond acceptors (Lipinski definition) is 6. The van der Waals surface area contributed by atoms with Crippen molar-refractivity contribution < 1.29 is 19.2 Å². The number of halogens is 1. The highest BCUT2D eigenvalue weighted by Crippen LogP contribution is 2.27. The van der Waals surface area contributed by atoms with E-state index in [2.05, 4.69) is 31.4 Å². The summed E-state index contributed by atoms with van der Waals surface area (Å²) in [5.74, 6) is -0.121. The second kappa shape index (κ2) is 8.04. The minimum Gasteiger partial charge on any atom is -0.481 e. The quantitative estimate of drug-likeness (QED) is 0.673.